The third-order valence-electron chi connectivity index (χ3n) is 6.01. The predicted octanol–water partition coefficient (Wildman–Crippen LogP) is 7.20. The van der Waals surface area contributed by atoms with Crippen LogP contribution in [0.2, 0.25) is 0 Å². The number of hydrogen-bond donors (Lipinski definition) is 1. The van der Waals surface area contributed by atoms with Gasteiger partial charge in [-0.3, -0.25) is 0 Å². The van der Waals surface area contributed by atoms with Gasteiger partial charge in [0.1, 0.15) is 22.4 Å². The molecule has 2 aromatic rings. The molecule has 0 aliphatic heterocycles. The highest BCUT2D eigenvalue weighted by Crippen LogP contribution is 2.40. The van der Waals surface area contributed by atoms with E-state index in [9.17, 15) is 24.3 Å². The first-order valence-corrected chi connectivity index (χ1v) is 16.7. The fraction of sp³-hybridized carbons (Fsp3) is 0.611. The summed E-state index contributed by atoms with van der Waals surface area (Å²) in [6, 6.07) is 3.29. The van der Waals surface area contributed by atoms with Crippen LogP contribution in [-0.2, 0) is 25.4 Å². The molecule has 0 saturated heterocycles. The second-order valence-corrected chi connectivity index (χ2v) is 15.5. The van der Waals surface area contributed by atoms with Crippen LogP contribution in [0.15, 0.2) is 18.3 Å². The Labute approximate surface area is 305 Å². The molecule has 290 valence electrons. The predicted molar refractivity (Wildman–Crippen MR) is 191 cm³/mol. The number of imide groups is 2. The van der Waals surface area contributed by atoms with Gasteiger partial charge >= 0.3 is 24.4 Å². The number of anilines is 2. The molecule has 0 unspecified atom stereocenters. The Morgan fingerprint density at radius 2 is 1.08 bits per heavy atom. The Balaban J connectivity index is 2.96. The van der Waals surface area contributed by atoms with Crippen molar-refractivity contribution in [2.24, 2.45) is 0 Å². The maximum atomic E-state index is 13.9. The van der Waals surface area contributed by atoms with Gasteiger partial charge in [0, 0.05) is 31.2 Å². The molecular weight excluding hydrogens is 680 g/mol. The molecule has 0 bridgehead atoms. The monoisotopic (exact) mass is 734 g/mol. The SMILES string of the molecule is COc1cc(Cc2cnc(N(C(=O)OC(C)(C)C)C(=O)OC(C)(C)C)nc2N(C(=O)OC(C)(C)C)C(=O)OC(C)(C)C)cc(OC)c1OCCCO. The summed E-state index contributed by atoms with van der Waals surface area (Å²) in [6.07, 6.45) is -3.10. The van der Waals surface area contributed by atoms with Crippen LogP contribution in [0.4, 0.5) is 30.9 Å². The average Bonchev–Trinajstić information content (AvgIpc) is 2.95. The number of ether oxygens (including phenoxy) is 7. The first-order valence-electron chi connectivity index (χ1n) is 16.7. The van der Waals surface area contributed by atoms with Gasteiger partial charge in [-0.1, -0.05) is 0 Å². The molecule has 1 N–H and O–H groups in total. The molecule has 0 saturated carbocycles. The summed E-state index contributed by atoms with van der Waals surface area (Å²) in [4.78, 5) is 64.6. The normalized spacial score (nSPS) is 12.0. The number of carbonyl (C=O) groups excluding carboxylic acids is 4. The maximum Gasteiger partial charge on any atom is 0.427 e. The van der Waals surface area contributed by atoms with Crippen molar-refractivity contribution in [2.45, 2.75) is 118 Å². The van der Waals surface area contributed by atoms with E-state index < -0.39 is 52.7 Å². The maximum absolute atomic E-state index is 13.9. The number of rotatable bonds is 10. The topological polar surface area (TPSA) is 185 Å². The van der Waals surface area contributed by atoms with Crippen molar-refractivity contribution < 1.29 is 57.4 Å². The largest absolute Gasteiger partial charge is 0.493 e. The molecule has 1 aromatic heterocycles. The first-order chi connectivity index (χ1) is 23.8. The zero-order chi connectivity index (χ0) is 39.8. The number of methoxy groups -OCH3 is 2. The number of hydrogen-bond acceptors (Lipinski definition) is 14. The van der Waals surface area contributed by atoms with E-state index in [4.69, 9.17) is 33.2 Å². The van der Waals surface area contributed by atoms with E-state index in [1.165, 1.54) is 20.4 Å². The minimum absolute atomic E-state index is 0.0553. The Kier molecular flexibility index (Phi) is 14.2. The molecule has 0 atom stereocenters. The van der Waals surface area contributed by atoms with Gasteiger partial charge < -0.3 is 38.3 Å². The zero-order valence-corrected chi connectivity index (χ0v) is 32.8. The van der Waals surface area contributed by atoms with Crippen molar-refractivity contribution in [3.8, 4) is 17.2 Å². The summed E-state index contributed by atoms with van der Waals surface area (Å²) in [7, 11) is 2.88. The van der Waals surface area contributed by atoms with Crippen LogP contribution in [0.5, 0.6) is 17.2 Å². The highest BCUT2D eigenvalue weighted by atomic mass is 16.6. The molecule has 1 heterocycles. The summed E-state index contributed by atoms with van der Waals surface area (Å²) in [6.45, 7) is 19.4. The number of aliphatic hydroxyl groups excluding tert-OH is 1. The van der Waals surface area contributed by atoms with Crippen molar-refractivity contribution in [3.63, 3.8) is 0 Å². The van der Waals surface area contributed by atoms with E-state index in [0.29, 0.717) is 39.0 Å². The summed E-state index contributed by atoms with van der Waals surface area (Å²) < 4.78 is 39.2. The highest BCUT2D eigenvalue weighted by molar-refractivity contribution is 6.11. The molecular formula is C36H54N4O12. The third kappa shape index (κ3) is 13.4. The number of amides is 4. The number of carbonyl (C=O) groups is 4. The number of nitrogens with zero attached hydrogens (tertiary/aromatic N) is 4. The quantitative estimate of drug-likeness (QED) is 0.191. The summed E-state index contributed by atoms with van der Waals surface area (Å²) >= 11 is 0. The van der Waals surface area contributed by atoms with Crippen molar-refractivity contribution in [2.75, 3.05) is 37.2 Å². The second kappa shape index (κ2) is 17.1. The van der Waals surface area contributed by atoms with Crippen LogP contribution in [-0.4, -0.2) is 89.3 Å². The lowest BCUT2D eigenvalue weighted by molar-refractivity contribution is 0.0410. The van der Waals surface area contributed by atoms with Crippen molar-refractivity contribution in [1.29, 1.82) is 0 Å². The second-order valence-electron chi connectivity index (χ2n) is 15.5. The molecule has 2 rings (SSSR count). The highest BCUT2D eigenvalue weighted by Gasteiger charge is 2.39. The zero-order valence-electron chi connectivity index (χ0n) is 32.8. The van der Waals surface area contributed by atoms with Gasteiger partial charge in [0.15, 0.2) is 17.3 Å². The fourth-order valence-electron chi connectivity index (χ4n) is 4.17. The van der Waals surface area contributed by atoms with E-state index in [2.05, 4.69) is 9.97 Å². The average molecular weight is 735 g/mol. The first kappa shape index (κ1) is 43.3. The summed E-state index contributed by atoms with van der Waals surface area (Å²) in [5, 5.41) is 9.21. The van der Waals surface area contributed by atoms with E-state index in [1.54, 1.807) is 95.2 Å². The molecule has 0 fully saturated rings. The number of aliphatic hydroxyl groups is 1. The lowest BCUT2D eigenvalue weighted by Gasteiger charge is -2.30. The van der Waals surface area contributed by atoms with Gasteiger partial charge in [0.25, 0.3) is 0 Å². The molecule has 0 radical (unpaired) electrons. The van der Waals surface area contributed by atoms with Gasteiger partial charge in [-0.15, -0.1) is 4.90 Å². The molecule has 1 aromatic carbocycles. The van der Waals surface area contributed by atoms with Crippen molar-refractivity contribution in [3.05, 3.63) is 29.5 Å². The standard InChI is InChI=1S/C36H54N4O12/c1-33(2,3)49-29(42)39(30(43)50-34(4,5)6)27-23(18-22-19-24(46-13)26(25(20-22)47-14)48-17-15-16-41)21-37-28(38-27)40(31(44)51-35(7,8)9)32(45)52-36(10,11)12/h19-21,41H,15-18H2,1-14H3. The molecule has 0 spiro atoms. The van der Waals surface area contributed by atoms with E-state index in [1.807, 2.05) is 0 Å². The van der Waals surface area contributed by atoms with Crippen LogP contribution >= 0.6 is 0 Å². The summed E-state index contributed by atoms with van der Waals surface area (Å²) in [5.41, 5.74) is -3.55. The molecule has 16 nitrogen and oxygen atoms in total. The van der Waals surface area contributed by atoms with Crippen LogP contribution in [0.25, 0.3) is 0 Å². The molecule has 0 aliphatic rings. The molecule has 0 aliphatic carbocycles. The number of benzene rings is 1. The lowest BCUT2D eigenvalue weighted by atomic mass is 10.0. The van der Waals surface area contributed by atoms with Gasteiger partial charge in [0.2, 0.25) is 11.7 Å². The van der Waals surface area contributed by atoms with Gasteiger partial charge in [-0.05, 0) is 101 Å². The van der Waals surface area contributed by atoms with Gasteiger partial charge in [-0.2, -0.15) is 9.88 Å². The van der Waals surface area contributed by atoms with Gasteiger partial charge in [0.05, 0.1) is 20.8 Å². The summed E-state index contributed by atoms with van der Waals surface area (Å²) in [5.74, 6) is -0.0513. The minimum Gasteiger partial charge on any atom is -0.493 e. The van der Waals surface area contributed by atoms with E-state index in [-0.39, 0.29) is 31.0 Å². The van der Waals surface area contributed by atoms with Crippen LogP contribution in [0.3, 0.4) is 0 Å². The van der Waals surface area contributed by atoms with Crippen LogP contribution < -0.4 is 24.0 Å². The van der Waals surface area contributed by atoms with Crippen LogP contribution in [0, 0.1) is 0 Å². The lowest BCUT2D eigenvalue weighted by Crippen LogP contribution is -2.46. The number of aromatic nitrogens is 2. The van der Waals surface area contributed by atoms with E-state index >= 15 is 0 Å². The van der Waals surface area contributed by atoms with E-state index in [0.717, 1.165) is 0 Å². The van der Waals surface area contributed by atoms with Crippen molar-refractivity contribution >= 4 is 36.1 Å². The Morgan fingerprint density at radius 1 is 0.673 bits per heavy atom. The smallest absolute Gasteiger partial charge is 0.427 e. The molecule has 16 heteroatoms. The molecule has 4 amide bonds. The van der Waals surface area contributed by atoms with Gasteiger partial charge in [-0.25, -0.2) is 24.2 Å². The Bertz CT molecular complexity index is 1500. The fourth-order valence-corrected chi connectivity index (χ4v) is 4.17. The minimum atomic E-state index is -1.17. The third-order valence-corrected chi connectivity index (χ3v) is 6.01. The molecule has 52 heavy (non-hydrogen) atoms. The van der Waals surface area contributed by atoms with Crippen LogP contribution in [0.1, 0.15) is 101 Å². The Morgan fingerprint density at radius 3 is 1.44 bits per heavy atom. The Hall–Kier alpha value is -4.86. The van der Waals surface area contributed by atoms with Crippen molar-refractivity contribution in [1.82, 2.24) is 9.97 Å².